The third kappa shape index (κ3) is 3.19. The maximum atomic E-state index is 12.5. The van der Waals surface area contributed by atoms with Gasteiger partial charge in [-0.15, -0.1) is 0 Å². The molecule has 0 unspecified atom stereocenters. The van der Waals surface area contributed by atoms with Crippen LogP contribution in [0.5, 0.6) is 11.5 Å². The largest absolute Gasteiger partial charge is 0.497 e. The molecule has 0 atom stereocenters. The Bertz CT molecular complexity index is 1010. The first-order valence-electron chi connectivity index (χ1n) is 7.60. The summed E-state index contributed by atoms with van der Waals surface area (Å²) >= 11 is 0. The lowest BCUT2D eigenvalue weighted by Gasteiger charge is -2.11. The quantitative estimate of drug-likeness (QED) is 0.737. The van der Waals surface area contributed by atoms with Crippen molar-refractivity contribution in [3.8, 4) is 11.5 Å². The third-order valence-corrected chi connectivity index (χ3v) is 3.86. The molecule has 0 spiro atoms. The minimum atomic E-state index is -0.688. The minimum Gasteiger partial charge on any atom is -0.497 e. The fourth-order valence-corrected chi connectivity index (χ4v) is 2.54. The second-order valence-corrected chi connectivity index (χ2v) is 5.46. The fraction of sp³-hybridized carbons (Fsp3) is 0.158. The van der Waals surface area contributed by atoms with E-state index in [-0.39, 0.29) is 5.56 Å². The van der Waals surface area contributed by atoms with Crippen molar-refractivity contribution in [1.82, 2.24) is 0 Å². The second kappa shape index (κ2) is 6.68. The van der Waals surface area contributed by atoms with Crippen molar-refractivity contribution < 1.29 is 18.7 Å². The van der Waals surface area contributed by atoms with E-state index in [1.165, 1.54) is 20.3 Å². The van der Waals surface area contributed by atoms with E-state index >= 15 is 0 Å². The summed E-state index contributed by atoms with van der Waals surface area (Å²) in [7, 11) is 3.02. The van der Waals surface area contributed by atoms with Gasteiger partial charge in [0, 0.05) is 11.5 Å². The Hall–Kier alpha value is -3.28. The molecule has 6 heteroatoms. The summed E-state index contributed by atoms with van der Waals surface area (Å²) in [6.45, 7) is 1.84. The zero-order valence-corrected chi connectivity index (χ0v) is 14.1. The normalized spacial score (nSPS) is 10.5. The summed E-state index contributed by atoms with van der Waals surface area (Å²) in [5.74, 6) is 0.449. The average Bonchev–Trinajstić information content (AvgIpc) is 2.62. The Labute approximate surface area is 144 Å². The van der Waals surface area contributed by atoms with Gasteiger partial charge in [0.25, 0.3) is 5.91 Å². The first-order valence-corrected chi connectivity index (χ1v) is 7.60. The van der Waals surface area contributed by atoms with E-state index in [4.69, 9.17) is 13.9 Å². The van der Waals surface area contributed by atoms with E-state index in [9.17, 15) is 9.59 Å². The number of amides is 1. The van der Waals surface area contributed by atoms with Gasteiger partial charge in [0.2, 0.25) is 0 Å². The van der Waals surface area contributed by atoms with Crippen LogP contribution < -0.4 is 20.4 Å². The summed E-state index contributed by atoms with van der Waals surface area (Å²) in [6, 6.07) is 12.0. The number of carbonyl (C=O) groups is 1. The number of rotatable bonds is 4. The van der Waals surface area contributed by atoms with Gasteiger partial charge in [-0.2, -0.15) is 0 Å². The van der Waals surface area contributed by atoms with Crippen LogP contribution in [-0.2, 0) is 0 Å². The number of nitrogens with one attached hydrogen (secondary N) is 1. The molecule has 3 aromatic rings. The summed E-state index contributed by atoms with van der Waals surface area (Å²) in [4.78, 5) is 24.7. The highest BCUT2D eigenvalue weighted by Crippen LogP contribution is 2.29. The van der Waals surface area contributed by atoms with Gasteiger partial charge in [0.05, 0.1) is 19.9 Å². The number of carbonyl (C=O) groups excluding carboxylic acids is 1. The van der Waals surface area contributed by atoms with Crippen molar-refractivity contribution in [1.29, 1.82) is 0 Å². The molecule has 25 heavy (non-hydrogen) atoms. The molecule has 0 saturated heterocycles. The molecule has 1 amide bonds. The van der Waals surface area contributed by atoms with E-state index < -0.39 is 11.5 Å². The van der Waals surface area contributed by atoms with Crippen molar-refractivity contribution in [3.63, 3.8) is 0 Å². The number of methoxy groups -OCH3 is 2. The number of para-hydroxylation sites is 1. The number of anilines is 1. The van der Waals surface area contributed by atoms with Crippen LogP contribution in [0, 0.1) is 6.92 Å². The maximum absolute atomic E-state index is 12.5. The minimum absolute atomic E-state index is 0.0732. The van der Waals surface area contributed by atoms with E-state index in [0.29, 0.717) is 28.2 Å². The number of ether oxygens (including phenoxy) is 2. The molecule has 2 aromatic carbocycles. The van der Waals surface area contributed by atoms with Gasteiger partial charge < -0.3 is 19.2 Å². The standard InChI is InChI=1S/C19H17NO5/c1-11-5-4-6-12-9-14(19(22)25-17(11)12)18(21)20-15-8-7-13(23-2)10-16(15)24-3/h4-10H,1-3H3,(H,20,21). The van der Waals surface area contributed by atoms with Crippen LogP contribution in [-0.4, -0.2) is 20.1 Å². The molecular formula is C19H17NO5. The molecule has 0 aliphatic carbocycles. The van der Waals surface area contributed by atoms with Gasteiger partial charge in [-0.1, -0.05) is 18.2 Å². The summed E-state index contributed by atoms with van der Waals surface area (Å²) < 4.78 is 15.7. The Morgan fingerprint density at radius 3 is 2.60 bits per heavy atom. The van der Waals surface area contributed by atoms with Gasteiger partial charge in [0.15, 0.2) is 0 Å². The van der Waals surface area contributed by atoms with Crippen LogP contribution in [0.3, 0.4) is 0 Å². The molecule has 0 aliphatic rings. The molecule has 6 nitrogen and oxygen atoms in total. The van der Waals surface area contributed by atoms with Crippen molar-refractivity contribution in [2.24, 2.45) is 0 Å². The lowest BCUT2D eigenvalue weighted by atomic mass is 10.1. The average molecular weight is 339 g/mol. The van der Waals surface area contributed by atoms with E-state index in [0.717, 1.165) is 5.56 Å². The van der Waals surface area contributed by atoms with E-state index in [1.54, 1.807) is 24.3 Å². The Balaban J connectivity index is 1.98. The molecule has 0 saturated carbocycles. The number of hydrogen-bond acceptors (Lipinski definition) is 5. The molecule has 0 fully saturated rings. The van der Waals surface area contributed by atoms with Gasteiger partial charge in [-0.05, 0) is 30.7 Å². The van der Waals surface area contributed by atoms with Crippen molar-refractivity contribution in [3.05, 3.63) is 64.0 Å². The zero-order valence-electron chi connectivity index (χ0n) is 14.1. The van der Waals surface area contributed by atoms with Crippen LogP contribution in [0.4, 0.5) is 5.69 Å². The number of aryl methyl sites for hydroxylation is 1. The highest BCUT2D eigenvalue weighted by Gasteiger charge is 2.16. The zero-order chi connectivity index (χ0) is 18.0. The summed E-state index contributed by atoms with van der Waals surface area (Å²) in [6.07, 6.45) is 0. The number of hydrogen-bond donors (Lipinski definition) is 1. The topological polar surface area (TPSA) is 77.8 Å². The van der Waals surface area contributed by atoms with Crippen LogP contribution in [0.25, 0.3) is 11.0 Å². The lowest BCUT2D eigenvalue weighted by molar-refractivity contribution is 0.102. The molecule has 3 rings (SSSR count). The van der Waals surface area contributed by atoms with E-state index in [1.807, 2.05) is 19.1 Å². The smallest absolute Gasteiger partial charge is 0.349 e. The van der Waals surface area contributed by atoms with Gasteiger partial charge in [-0.25, -0.2) is 4.79 Å². The highest BCUT2D eigenvalue weighted by molar-refractivity contribution is 6.06. The van der Waals surface area contributed by atoms with Crippen LogP contribution in [0.1, 0.15) is 15.9 Å². The molecule has 1 N–H and O–H groups in total. The third-order valence-electron chi connectivity index (χ3n) is 3.86. The van der Waals surface area contributed by atoms with Crippen molar-refractivity contribution in [2.75, 3.05) is 19.5 Å². The molecule has 1 aromatic heterocycles. The molecule has 0 bridgehead atoms. The predicted molar refractivity (Wildman–Crippen MR) is 94.7 cm³/mol. The monoisotopic (exact) mass is 339 g/mol. The van der Waals surface area contributed by atoms with Crippen molar-refractivity contribution in [2.45, 2.75) is 6.92 Å². The Kier molecular flexibility index (Phi) is 4.43. The van der Waals surface area contributed by atoms with Gasteiger partial charge >= 0.3 is 5.63 Å². The lowest BCUT2D eigenvalue weighted by Crippen LogP contribution is -2.21. The van der Waals surface area contributed by atoms with Gasteiger partial charge in [-0.3, -0.25) is 4.79 Å². The summed E-state index contributed by atoms with van der Waals surface area (Å²) in [5, 5.41) is 3.36. The van der Waals surface area contributed by atoms with Crippen LogP contribution in [0.2, 0.25) is 0 Å². The second-order valence-electron chi connectivity index (χ2n) is 5.46. The fourth-order valence-electron chi connectivity index (χ4n) is 2.54. The van der Waals surface area contributed by atoms with Crippen LogP contribution in [0.15, 0.2) is 51.7 Å². The van der Waals surface area contributed by atoms with E-state index in [2.05, 4.69) is 5.32 Å². The molecular weight excluding hydrogens is 322 g/mol. The first-order chi connectivity index (χ1) is 12.0. The maximum Gasteiger partial charge on any atom is 0.349 e. The molecule has 128 valence electrons. The highest BCUT2D eigenvalue weighted by atomic mass is 16.5. The molecule has 1 heterocycles. The Morgan fingerprint density at radius 2 is 1.88 bits per heavy atom. The van der Waals surface area contributed by atoms with Crippen molar-refractivity contribution >= 4 is 22.6 Å². The predicted octanol–water partition coefficient (Wildman–Crippen LogP) is 3.37. The first kappa shape index (κ1) is 16.6. The van der Waals surface area contributed by atoms with Gasteiger partial charge in [0.1, 0.15) is 22.6 Å². The Morgan fingerprint density at radius 1 is 1.08 bits per heavy atom. The number of fused-ring (bicyclic) bond motifs is 1. The number of benzene rings is 2. The molecule has 0 radical (unpaired) electrons. The SMILES string of the molecule is COc1ccc(NC(=O)c2cc3cccc(C)c3oc2=O)c(OC)c1. The molecule has 0 aliphatic heterocycles. The van der Waals surface area contributed by atoms with Crippen LogP contribution >= 0.6 is 0 Å². The summed E-state index contributed by atoms with van der Waals surface area (Å²) in [5.41, 5.74) is 0.976.